The van der Waals surface area contributed by atoms with Crippen LogP contribution in [0.3, 0.4) is 0 Å². The maximum Gasteiger partial charge on any atom is 0.421 e. The minimum absolute atomic E-state index is 0.00384. The molecule has 3 heterocycles. The second-order valence-electron chi connectivity index (χ2n) is 7.89. The van der Waals surface area contributed by atoms with Gasteiger partial charge >= 0.3 is 6.18 Å². The summed E-state index contributed by atoms with van der Waals surface area (Å²) in [5, 5.41) is 5.46. The third-order valence-corrected chi connectivity index (χ3v) is 5.90. The van der Waals surface area contributed by atoms with Crippen molar-refractivity contribution >= 4 is 34.1 Å². The number of hydrogen-bond donors (Lipinski definition) is 2. The van der Waals surface area contributed by atoms with Crippen LogP contribution in [0.15, 0.2) is 30.5 Å². The number of alkyl halides is 3. The van der Waals surface area contributed by atoms with Gasteiger partial charge in [-0.15, -0.1) is 0 Å². The molecular weight excluding hydrogens is 457 g/mol. The van der Waals surface area contributed by atoms with E-state index in [9.17, 15) is 13.2 Å². The summed E-state index contributed by atoms with van der Waals surface area (Å²) in [5.41, 5.74) is 5.99. The summed E-state index contributed by atoms with van der Waals surface area (Å²) in [7, 11) is 0. The normalized spacial score (nSPS) is 16.2. The quantitative estimate of drug-likeness (QED) is 0.543. The molecule has 4 rings (SSSR count). The highest BCUT2D eigenvalue weighted by Gasteiger charge is 2.34. The van der Waals surface area contributed by atoms with Crippen molar-refractivity contribution in [3.8, 4) is 0 Å². The molecule has 33 heavy (non-hydrogen) atoms. The van der Waals surface area contributed by atoms with Gasteiger partial charge in [-0.05, 0) is 24.4 Å². The lowest BCUT2D eigenvalue weighted by molar-refractivity contribution is -0.137. The lowest BCUT2D eigenvalue weighted by Gasteiger charge is -2.26. The van der Waals surface area contributed by atoms with Gasteiger partial charge in [0.05, 0.1) is 35.7 Å². The summed E-state index contributed by atoms with van der Waals surface area (Å²) in [6, 6.07) is 7.20. The predicted molar refractivity (Wildman–Crippen MR) is 121 cm³/mol. The van der Waals surface area contributed by atoms with Gasteiger partial charge < -0.3 is 15.8 Å². The lowest BCUT2D eigenvalue weighted by Crippen LogP contribution is -2.37. The maximum absolute atomic E-state index is 12.9. The Kier molecular flexibility index (Phi) is 6.87. The zero-order chi connectivity index (χ0) is 23.6. The monoisotopic (exact) mass is 480 g/mol. The summed E-state index contributed by atoms with van der Waals surface area (Å²) in [4.78, 5) is 14.7. The Morgan fingerprint density at radius 1 is 1.24 bits per heavy atom. The minimum atomic E-state index is -4.61. The van der Waals surface area contributed by atoms with Gasteiger partial charge in [0.25, 0.3) is 0 Å². The molecule has 1 atom stereocenters. The second-order valence-corrected chi connectivity index (χ2v) is 8.30. The van der Waals surface area contributed by atoms with Crippen molar-refractivity contribution in [2.45, 2.75) is 25.6 Å². The van der Waals surface area contributed by atoms with Crippen molar-refractivity contribution in [1.29, 1.82) is 0 Å². The van der Waals surface area contributed by atoms with Crippen molar-refractivity contribution in [2.24, 2.45) is 0 Å². The van der Waals surface area contributed by atoms with Crippen molar-refractivity contribution in [1.82, 2.24) is 19.9 Å². The Hall–Kier alpha value is -2.69. The van der Waals surface area contributed by atoms with E-state index in [0.717, 1.165) is 36.1 Å². The summed E-state index contributed by atoms with van der Waals surface area (Å²) < 4.78 is 44.2. The van der Waals surface area contributed by atoms with Crippen molar-refractivity contribution in [2.75, 3.05) is 43.9 Å². The molecule has 1 fully saturated rings. The van der Waals surface area contributed by atoms with E-state index >= 15 is 0 Å². The van der Waals surface area contributed by atoms with E-state index in [-0.39, 0.29) is 12.0 Å². The van der Waals surface area contributed by atoms with Crippen LogP contribution in [0, 0.1) is 0 Å². The fourth-order valence-corrected chi connectivity index (χ4v) is 4.10. The van der Waals surface area contributed by atoms with Crippen LogP contribution in [0.5, 0.6) is 0 Å². The first-order chi connectivity index (χ1) is 15.7. The van der Waals surface area contributed by atoms with E-state index in [4.69, 9.17) is 27.1 Å². The van der Waals surface area contributed by atoms with E-state index in [1.54, 1.807) is 0 Å². The number of benzene rings is 1. The Bertz CT molecular complexity index is 1140. The molecular formula is C22H24ClF3N6O. The number of nitrogens with zero attached hydrogens (tertiary/aromatic N) is 4. The van der Waals surface area contributed by atoms with Gasteiger partial charge in [0.15, 0.2) is 0 Å². The number of nitrogen functional groups attached to an aromatic ring is 1. The molecule has 2 aromatic heterocycles. The standard InChI is InChI=1S/C22H24ClF3N6O/c1-13(29-21-28-12-15(20(27)31-21)22(24,25)26)18-11-14-3-2-4-16(23)19(14)17(30-18)5-6-32-7-9-33-10-8-32/h2-4,11-13H,5-10H2,1H3,(H3,27,28,29,31)/t13-/m0/s1. The first kappa shape index (κ1) is 23.5. The second kappa shape index (κ2) is 9.66. The molecule has 176 valence electrons. The molecule has 0 bridgehead atoms. The third kappa shape index (κ3) is 5.45. The number of aromatic nitrogens is 3. The van der Waals surface area contributed by atoms with E-state index in [2.05, 4.69) is 20.2 Å². The number of nitrogens with two attached hydrogens (primary N) is 1. The number of ether oxygens (including phenoxy) is 1. The van der Waals surface area contributed by atoms with E-state index < -0.39 is 17.6 Å². The molecule has 3 aromatic rings. The minimum Gasteiger partial charge on any atom is -0.383 e. The molecule has 3 N–H and O–H groups in total. The molecule has 7 nitrogen and oxygen atoms in total. The summed E-state index contributed by atoms with van der Waals surface area (Å²) >= 11 is 6.50. The largest absolute Gasteiger partial charge is 0.421 e. The molecule has 11 heteroatoms. The van der Waals surface area contributed by atoms with Crippen molar-refractivity contribution in [3.05, 3.63) is 52.4 Å². The lowest BCUT2D eigenvalue weighted by atomic mass is 10.0. The van der Waals surface area contributed by atoms with E-state index in [1.807, 2.05) is 31.2 Å². The molecule has 0 radical (unpaired) electrons. The van der Waals surface area contributed by atoms with Gasteiger partial charge in [-0.3, -0.25) is 9.88 Å². The summed E-state index contributed by atoms with van der Waals surface area (Å²) in [6.07, 6.45) is -3.23. The SMILES string of the molecule is C[C@H](Nc1ncc(C(F)(F)F)c(N)n1)c1cc2cccc(Cl)c2c(CCN2CCOCC2)n1. The number of nitrogens with one attached hydrogen (secondary N) is 1. The molecule has 1 aliphatic heterocycles. The van der Waals surface area contributed by atoms with Gasteiger partial charge in [0.2, 0.25) is 5.95 Å². The van der Waals surface area contributed by atoms with E-state index in [1.165, 1.54) is 0 Å². The Morgan fingerprint density at radius 2 is 2.00 bits per heavy atom. The van der Waals surface area contributed by atoms with Crippen LogP contribution in [0.25, 0.3) is 10.8 Å². The van der Waals surface area contributed by atoms with Crippen LogP contribution in [-0.2, 0) is 17.3 Å². The summed E-state index contributed by atoms with van der Waals surface area (Å²) in [5.74, 6) is -0.632. The van der Waals surface area contributed by atoms with Crippen LogP contribution >= 0.6 is 11.6 Å². The molecule has 0 aliphatic carbocycles. The first-order valence-electron chi connectivity index (χ1n) is 10.6. The fourth-order valence-electron chi connectivity index (χ4n) is 3.81. The van der Waals surface area contributed by atoms with Gasteiger partial charge in [-0.25, -0.2) is 4.98 Å². The highest BCUT2D eigenvalue weighted by molar-refractivity contribution is 6.35. The number of rotatable bonds is 6. The van der Waals surface area contributed by atoms with Crippen LogP contribution < -0.4 is 11.1 Å². The number of fused-ring (bicyclic) bond motifs is 1. The zero-order valence-corrected chi connectivity index (χ0v) is 18.7. The molecule has 0 saturated carbocycles. The number of anilines is 2. The average molecular weight is 481 g/mol. The van der Waals surface area contributed by atoms with Gasteiger partial charge in [-0.2, -0.15) is 18.2 Å². The maximum atomic E-state index is 12.9. The zero-order valence-electron chi connectivity index (χ0n) is 18.0. The van der Waals surface area contributed by atoms with E-state index in [0.29, 0.717) is 36.5 Å². The van der Waals surface area contributed by atoms with Gasteiger partial charge in [-0.1, -0.05) is 23.7 Å². The van der Waals surface area contributed by atoms with Gasteiger partial charge in [0, 0.05) is 37.6 Å². The number of halogens is 4. The fraction of sp³-hybridized carbons (Fsp3) is 0.409. The Labute approximate surface area is 194 Å². The molecule has 0 amide bonds. The molecule has 0 spiro atoms. The Morgan fingerprint density at radius 3 is 2.70 bits per heavy atom. The Balaban J connectivity index is 1.59. The molecule has 1 saturated heterocycles. The third-order valence-electron chi connectivity index (χ3n) is 5.58. The first-order valence-corrected chi connectivity index (χ1v) is 10.9. The number of pyridine rings is 1. The molecule has 0 unspecified atom stereocenters. The number of hydrogen-bond acceptors (Lipinski definition) is 7. The van der Waals surface area contributed by atoms with Crippen LogP contribution in [0.4, 0.5) is 24.9 Å². The van der Waals surface area contributed by atoms with Crippen LogP contribution in [0.1, 0.15) is 29.9 Å². The smallest absolute Gasteiger partial charge is 0.383 e. The highest BCUT2D eigenvalue weighted by atomic mass is 35.5. The molecule has 1 aromatic carbocycles. The topological polar surface area (TPSA) is 89.2 Å². The molecule has 1 aliphatic rings. The summed E-state index contributed by atoms with van der Waals surface area (Å²) in [6.45, 7) is 5.83. The van der Waals surface area contributed by atoms with Crippen molar-refractivity contribution < 1.29 is 17.9 Å². The average Bonchev–Trinajstić information content (AvgIpc) is 2.77. The predicted octanol–water partition coefficient (Wildman–Crippen LogP) is 4.33. The van der Waals surface area contributed by atoms with Crippen molar-refractivity contribution in [3.63, 3.8) is 0 Å². The van der Waals surface area contributed by atoms with Crippen LogP contribution in [0.2, 0.25) is 5.02 Å². The van der Waals surface area contributed by atoms with Gasteiger partial charge in [0.1, 0.15) is 11.4 Å². The van der Waals surface area contributed by atoms with Crippen LogP contribution in [-0.4, -0.2) is 52.7 Å². The number of morpholine rings is 1. The highest BCUT2D eigenvalue weighted by Crippen LogP contribution is 2.33.